The summed E-state index contributed by atoms with van der Waals surface area (Å²) in [4.78, 5) is 37.5. The van der Waals surface area contributed by atoms with Gasteiger partial charge in [0.15, 0.2) is 6.10 Å². The van der Waals surface area contributed by atoms with E-state index in [4.69, 9.17) is 18.5 Å². The van der Waals surface area contributed by atoms with Gasteiger partial charge in [0, 0.05) is 12.8 Å². The van der Waals surface area contributed by atoms with Crippen molar-refractivity contribution in [1.29, 1.82) is 0 Å². The Morgan fingerprint density at radius 3 is 1.21 bits per heavy atom. The molecule has 0 aromatic carbocycles. The van der Waals surface area contributed by atoms with Crippen LogP contribution in [0.15, 0.2) is 0 Å². The van der Waals surface area contributed by atoms with Gasteiger partial charge in [0.2, 0.25) is 0 Å². The molecule has 0 bridgehead atoms. The van der Waals surface area contributed by atoms with Gasteiger partial charge in [-0.15, -0.1) is 0 Å². The second-order valence-corrected chi connectivity index (χ2v) is 17.8. The lowest BCUT2D eigenvalue weighted by Gasteiger charge is -2.28. The maximum atomic E-state index is 12.6. The molecule has 0 radical (unpaired) electrons. The van der Waals surface area contributed by atoms with Crippen LogP contribution in [0.2, 0.25) is 0 Å². The van der Waals surface area contributed by atoms with Crippen LogP contribution < -0.4 is 4.89 Å². The molecule has 0 aliphatic heterocycles. The Morgan fingerprint density at radius 1 is 0.509 bits per heavy atom. The number of phosphoric acid groups is 1. The molecule has 10 heteroatoms. The molecule has 9 nitrogen and oxygen atoms in total. The van der Waals surface area contributed by atoms with Crippen molar-refractivity contribution in [2.24, 2.45) is 0 Å². The van der Waals surface area contributed by atoms with Crippen molar-refractivity contribution in [3.05, 3.63) is 0 Å². The molecular weight excluding hydrogens is 689 g/mol. The predicted octanol–water partition coefficient (Wildman–Crippen LogP) is 11.8. The molecule has 0 aromatic heterocycles. The molecule has 0 aliphatic rings. The van der Waals surface area contributed by atoms with E-state index in [0.717, 1.165) is 32.1 Å². The van der Waals surface area contributed by atoms with Gasteiger partial charge in [-0.3, -0.25) is 14.2 Å². The number of quaternary nitrogens is 1. The number of rotatable bonds is 41. The third kappa shape index (κ3) is 40.5. The van der Waals surface area contributed by atoms with E-state index in [1.165, 1.54) is 148 Å². The molecule has 0 saturated heterocycles. The van der Waals surface area contributed by atoms with Crippen LogP contribution in [0.5, 0.6) is 0 Å². The lowest BCUT2D eigenvalue weighted by Crippen LogP contribution is -2.37. The van der Waals surface area contributed by atoms with E-state index in [9.17, 15) is 19.0 Å². The van der Waals surface area contributed by atoms with Crippen LogP contribution in [-0.2, 0) is 32.7 Å². The molecule has 0 saturated carbocycles. The standard InChI is InChI=1S/C43H86NO8P/c1-6-8-10-12-14-16-18-20-21-22-24-25-27-29-31-33-35-42(45)49-39-41(40-51-53(47,48)50-38-37-44(3,4)5)52-43(46)36-34-32-30-28-26-23-19-17-15-13-11-9-7-2/h41H,6-40H2,1-5H3. The summed E-state index contributed by atoms with van der Waals surface area (Å²) in [7, 11) is 1.18. The maximum Gasteiger partial charge on any atom is 0.306 e. The second-order valence-electron chi connectivity index (χ2n) is 16.4. The zero-order chi connectivity index (χ0) is 39.3. The third-order valence-corrected chi connectivity index (χ3v) is 10.8. The SMILES string of the molecule is CCCCCCCCCCCCCCCCCCC(=O)OCC(COP(=O)([O-])OCC[N+](C)(C)C)OC(=O)CCCCCCCCCCCCCCC. The Morgan fingerprint density at radius 2 is 0.849 bits per heavy atom. The molecule has 0 aliphatic carbocycles. The first-order valence-electron chi connectivity index (χ1n) is 22.2. The highest BCUT2D eigenvalue weighted by Gasteiger charge is 2.21. The van der Waals surface area contributed by atoms with Crippen LogP contribution in [0.25, 0.3) is 0 Å². The van der Waals surface area contributed by atoms with E-state index in [1.54, 1.807) is 0 Å². The first-order valence-corrected chi connectivity index (χ1v) is 23.7. The first kappa shape index (κ1) is 52.0. The van der Waals surface area contributed by atoms with Crippen molar-refractivity contribution in [1.82, 2.24) is 0 Å². The molecule has 0 heterocycles. The molecule has 0 N–H and O–H groups in total. The monoisotopic (exact) mass is 776 g/mol. The van der Waals surface area contributed by atoms with Crippen molar-refractivity contribution in [3.63, 3.8) is 0 Å². The van der Waals surface area contributed by atoms with Gasteiger partial charge in [-0.1, -0.05) is 187 Å². The number of hydrogen-bond acceptors (Lipinski definition) is 8. The lowest BCUT2D eigenvalue weighted by atomic mass is 10.0. The Hall–Kier alpha value is -0.990. The van der Waals surface area contributed by atoms with E-state index in [1.807, 2.05) is 21.1 Å². The maximum absolute atomic E-state index is 12.6. The summed E-state index contributed by atoms with van der Waals surface area (Å²) in [6.45, 7) is 4.26. The van der Waals surface area contributed by atoms with E-state index in [-0.39, 0.29) is 32.0 Å². The molecule has 53 heavy (non-hydrogen) atoms. The molecule has 0 rings (SSSR count). The number of carbonyl (C=O) groups is 2. The average Bonchev–Trinajstić information content (AvgIpc) is 3.10. The Kier molecular flexibility index (Phi) is 36.0. The van der Waals surface area contributed by atoms with Crippen LogP contribution >= 0.6 is 7.82 Å². The highest BCUT2D eigenvalue weighted by atomic mass is 31.2. The summed E-state index contributed by atoms with van der Waals surface area (Å²) >= 11 is 0. The fourth-order valence-electron chi connectivity index (χ4n) is 6.36. The van der Waals surface area contributed by atoms with Crippen molar-refractivity contribution < 1.29 is 42.1 Å². The van der Waals surface area contributed by atoms with E-state index in [2.05, 4.69) is 13.8 Å². The highest BCUT2D eigenvalue weighted by Crippen LogP contribution is 2.38. The number of carbonyl (C=O) groups excluding carboxylic acids is 2. The summed E-state index contributed by atoms with van der Waals surface area (Å²) in [5, 5.41) is 0. The molecule has 0 spiro atoms. The molecule has 0 amide bonds. The lowest BCUT2D eigenvalue weighted by molar-refractivity contribution is -0.870. The van der Waals surface area contributed by atoms with Crippen molar-refractivity contribution in [3.8, 4) is 0 Å². The summed E-state index contributed by atoms with van der Waals surface area (Å²) in [5.74, 6) is -0.820. The quantitative estimate of drug-likeness (QED) is 0.0261. The normalized spacial score (nSPS) is 13.5. The summed E-state index contributed by atoms with van der Waals surface area (Å²) in [6, 6.07) is 0. The zero-order valence-corrected chi connectivity index (χ0v) is 36.4. The Balaban J connectivity index is 4.30. The van der Waals surface area contributed by atoms with Gasteiger partial charge < -0.3 is 27.9 Å². The van der Waals surface area contributed by atoms with E-state index < -0.39 is 26.5 Å². The smallest absolute Gasteiger partial charge is 0.306 e. The van der Waals surface area contributed by atoms with Gasteiger partial charge in [0.25, 0.3) is 7.82 Å². The topological polar surface area (TPSA) is 111 Å². The average molecular weight is 776 g/mol. The number of ether oxygens (including phenoxy) is 2. The molecular formula is C43H86NO8P. The number of esters is 2. The van der Waals surface area contributed by atoms with Crippen LogP contribution in [0.4, 0.5) is 0 Å². The van der Waals surface area contributed by atoms with Crippen LogP contribution in [-0.4, -0.2) is 70.0 Å². The van der Waals surface area contributed by atoms with Crippen molar-refractivity contribution in [2.45, 2.75) is 219 Å². The van der Waals surface area contributed by atoms with Gasteiger partial charge in [-0.25, -0.2) is 0 Å². The number of likely N-dealkylation sites (N-methyl/N-ethyl adjacent to an activating group) is 1. The number of hydrogen-bond donors (Lipinski definition) is 0. The van der Waals surface area contributed by atoms with Gasteiger partial charge in [0.1, 0.15) is 19.8 Å². The van der Waals surface area contributed by atoms with Crippen LogP contribution in [0.3, 0.4) is 0 Å². The number of unbranched alkanes of at least 4 members (excludes halogenated alkanes) is 27. The Labute approximate surface area is 327 Å². The predicted molar refractivity (Wildman–Crippen MR) is 218 cm³/mol. The van der Waals surface area contributed by atoms with Gasteiger partial charge >= 0.3 is 11.9 Å². The first-order chi connectivity index (χ1) is 25.5. The van der Waals surface area contributed by atoms with Crippen LogP contribution in [0.1, 0.15) is 213 Å². The number of nitrogens with zero attached hydrogens (tertiary/aromatic N) is 1. The van der Waals surface area contributed by atoms with Crippen LogP contribution in [0, 0.1) is 0 Å². The summed E-state index contributed by atoms with van der Waals surface area (Å²) in [6.07, 6.45) is 35.5. The molecule has 0 fully saturated rings. The summed E-state index contributed by atoms with van der Waals surface area (Å²) in [5.41, 5.74) is 0. The van der Waals surface area contributed by atoms with E-state index >= 15 is 0 Å². The fourth-order valence-corrected chi connectivity index (χ4v) is 7.09. The zero-order valence-electron chi connectivity index (χ0n) is 35.5. The van der Waals surface area contributed by atoms with Gasteiger partial charge in [0.05, 0.1) is 27.7 Å². The van der Waals surface area contributed by atoms with Crippen molar-refractivity contribution in [2.75, 3.05) is 47.5 Å². The van der Waals surface area contributed by atoms with Crippen molar-refractivity contribution >= 4 is 19.8 Å². The molecule has 2 atom stereocenters. The fraction of sp³-hybridized carbons (Fsp3) is 0.953. The molecule has 0 aromatic rings. The minimum absolute atomic E-state index is 0.0257. The Bertz CT molecular complexity index is 881. The van der Waals surface area contributed by atoms with Gasteiger partial charge in [-0.05, 0) is 12.8 Å². The summed E-state index contributed by atoms with van der Waals surface area (Å²) < 4.78 is 33.9. The van der Waals surface area contributed by atoms with Gasteiger partial charge in [-0.2, -0.15) is 0 Å². The second kappa shape index (κ2) is 36.6. The number of phosphoric ester groups is 1. The minimum Gasteiger partial charge on any atom is -0.756 e. The third-order valence-electron chi connectivity index (χ3n) is 9.88. The largest absolute Gasteiger partial charge is 0.756 e. The minimum atomic E-state index is -4.61. The highest BCUT2D eigenvalue weighted by molar-refractivity contribution is 7.45. The molecule has 316 valence electrons. The molecule has 2 unspecified atom stereocenters. The van der Waals surface area contributed by atoms with E-state index in [0.29, 0.717) is 17.4 Å².